The number of benzene rings is 1. The van der Waals surface area contributed by atoms with Crippen molar-refractivity contribution in [2.24, 2.45) is 0 Å². The summed E-state index contributed by atoms with van der Waals surface area (Å²) in [4.78, 5) is 26.3. The number of likely N-dealkylation sites (N-methyl/N-ethyl adjacent to an activating group) is 1. The molecule has 1 aromatic carbocycles. The monoisotopic (exact) mass is 373 g/mol. The highest BCUT2D eigenvalue weighted by molar-refractivity contribution is 5.96. The van der Waals surface area contributed by atoms with Gasteiger partial charge in [0, 0.05) is 12.6 Å². The molecule has 0 aromatic heterocycles. The van der Waals surface area contributed by atoms with E-state index in [0.29, 0.717) is 13.2 Å². The zero-order valence-corrected chi connectivity index (χ0v) is 16.4. The topological polar surface area (TPSA) is 70.7 Å². The normalized spacial score (nSPS) is 15.8. The standard InChI is InChI=1S/C21H31N3O3/c1-4-14-27-19-12-10-17(11-13-19)15-24(3)16(2)20(25)23-21(26)22-18-8-6-5-7-9-18/h4,10-13,16,18H,1,5-9,14-15H2,2-3H3,(H2,22,23,25,26)/t16-/m1/s1. The molecule has 0 bridgehead atoms. The average Bonchev–Trinajstić information content (AvgIpc) is 2.67. The molecule has 6 heteroatoms. The third kappa shape index (κ3) is 7.06. The molecule has 1 saturated carbocycles. The minimum absolute atomic E-state index is 0.182. The molecule has 0 spiro atoms. The number of carbonyl (C=O) groups excluding carboxylic acids is 2. The Morgan fingerprint density at radius 3 is 2.56 bits per heavy atom. The average molecular weight is 373 g/mol. The van der Waals surface area contributed by atoms with Crippen LogP contribution in [0.3, 0.4) is 0 Å². The highest BCUT2D eigenvalue weighted by Crippen LogP contribution is 2.17. The van der Waals surface area contributed by atoms with Crippen LogP contribution in [0, 0.1) is 0 Å². The summed E-state index contributed by atoms with van der Waals surface area (Å²) in [6.45, 7) is 6.49. The van der Waals surface area contributed by atoms with Crippen molar-refractivity contribution < 1.29 is 14.3 Å². The Hall–Kier alpha value is -2.34. The summed E-state index contributed by atoms with van der Waals surface area (Å²) in [6, 6.07) is 7.10. The Morgan fingerprint density at radius 2 is 1.93 bits per heavy atom. The minimum atomic E-state index is -0.418. The van der Waals surface area contributed by atoms with Gasteiger partial charge in [0.05, 0.1) is 6.04 Å². The van der Waals surface area contributed by atoms with Gasteiger partial charge in [-0.15, -0.1) is 0 Å². The van der Waals surface area contributed by atoms with E-state index in [1.54, 1.807) is 13.0 Å². The zero-order valence-electron chi connectivity index (χ0n) is 16.4. The van der Waals surface area contributed by atoms with E-state index in [2.05, 4.69) is 17.2 Å². The van der Waals surface area contributed by atoms with E-state index in [9.17, 15) is 9.59 Å². The van der Waals surface area contributed by atoms with Crippen LogP contribution in [0.15, 0.2) is 36.9 Å². The van der Waals surface area contributed by atoms with Crippen molar-refractivity contribution in [3.05, 3.63) is 42.5 Å². The van der Waals surface area contributed by atoms with Crippen LogP contribution in [-0.4, -0.2) is 42.6 Å². The molecule has 6 nitrogen and oxygen atoms in total. The van der Waals surface area contributed by atoms with Gasteiger partial charge in [0.2, 0.25) is 5.91 Å². The van der Waals surface area contributed by atoms with Gasteiger partial charge in [0.15, 0.2) is 0 Å². The predicted octanol–water partition coefficient (Wildman–Crippen LogP) is 3.23. The number of nitrogens with one attached hydrogen (secondary N) is 2. The lowest BCUT2D eigenvalue weighted by atomic mass is 9.96. The van der Waals surface area contributed by atoms with Gasteiger partial charge < -0.3 is 10.1 Å². The Bertz CT molecular complexity index is 624. The number of carbonyl (C=O) groups is 2. The number of hydrogen-bond acceptors (Lipinski definition) is 4. The Morgan fingerprint density at radius 1 is 1.26 bits per heavy atom. The van der Waals surface area contributed by atoms with Crippen molar-refractivity contribution >= 4 is 11.9 Å². The second-order valence-corrected chi connectivity index (χ2v) is 7.13. The van der Waals surface area contributed by atoms with Crippen molar-refractivity contribution in [2.75, 3.05) is 13.7 Å². The van der Waals surface area contributed by atoms with Crippen molar-refractivity contribution in [3.63, 3.8) is 0 Å². The maximum atomic E-state index is 12.4. The number of rotatable bonds is 8. The van der Waals surface area contributed by atoms with E-state index in [1.165, 1.54) is 6.42 Å². The summed E-state index contributed by atoms with van der Waals surface area (Å²) in [5, 5.41) is 5.37. The first-order valence-electron chi connectivity index (χ1n) is 9.64. The third-order valence-corrected chi connectivity index (χ3v) is 4.94. The van der Waals surface area contributed by atoms with Gasteiger partial charge in [0.1, 0.15) is 12.4 Å². The van der Waals surface area contributed by atoms with E-state index >= 15 is 0 Å². The van der Waals surface area contributed by atoms with Gasteiger partial charge in [-0.2, -0.15) is 0 Å². The second kappa shape index (κ2) is 10.7. The molecule has 1 aromatic rings. The Balaban J connectivity index is 1.78. The van der Waals surface area contributed by atoms with E-state index in [4.69, 9.17) is 4.74 Å². The smallest absolute Gasteiger partial charge is 0.321 e. The highest BCUT2D eigenvalue weighted by Gasteiger charge is 2.22. The molecular formula is C21H31N3O3. The number of imide groups is 1. The van der Waals surface area contributed by atoms with Gasteiger partial charge in [-0.05, 0) is 44.5 Å². The first-order chi connectivity index (χ1) is 13.0. The predicted molar refractivity (Wildman–Crippen MR) is 107 cm³/mol. The molecule has 3 amide bonds. The van der Waals surface area contributed by atoms with Crippen LogP contribution >= 0.6 is 0 Å². The quantitative estimate of drug-likeness (QED) is 0.687. The van der Waals surface area contributed by atoms with Crippen LogP contribution in [0.2, 0.25) is 0 Å². The van der Waals surface area contributed by atoms with Gasteiger partial charge in [-0.1, -0.05) is 44.1 Å². The summed E-state index contributed by atoms with van der Waals surface area (Å²) in [5.74, 6) is 0.489. The molecular weight excluding hydrogens is 342 g/mol. The zero-order chi connectivity index (χ0) is 19.6. The fourth-order valence-corrected chi connectivity index (χ4v) is 3.16. The molecule has 27 heavy (non-hydrogen) atoms. The molecule has 0 unspecified atom stereocenters. The van der Waals surface area contributed by atoms with Crippen molar-refractivity contribution in [1.82, 2.24) is 15.5 Å². The van der Waals surface area contributed by atoms with Crippen molar-refractivity contribution in [3.8, 4) is 5.75 Å². The number of urea groups is 1. The van der Waals surface area contributed by atoms with Gasteiger partial charge >= 0.3 is 6.03 Å². The van der Waals surface area contributed by atoms with Gasteiger partial charge in [0.25, 0.3) is 0 Å². The molecule has 1 fully saturated rings. The lowest BCUT2D eigenvalue weighted by Gasteiger charge is -2.25. The van der Waals surface area contributed by atoms with E-state index in [0.717, 1.165) is 37.0 Å². The van der Waals surface area contributed by atoms with Crippen LogP contribution in [0.4, 0.5) is 4.79 Å². The minimum Gasteiger partial charge on any atom is -0.490 e. The molecule has 0 radical (unpaired) electrons. The number of ether oxygens (including phenoxy) is 1. The molecule has 1 aliphatic carbocycles. The summed E-state index contributed by atoms with van der Waals surface area (Å²) >= 11 is 0. The first kappa shape index (κ1) is 21.0. The van der Waals surface area contributed by atoms with Crippen LogP contribution < -0.4 is 15.4 Å². The molecule has 148 valence electrons. The first-order valence-corrected chi connectivity index (χ1v) is 9.64. The molecule has 1 aliphatic rings. The van der Waals surface area contributed by atoms with E-state index in [1.807, 2.05) is 36.2 Å². The lowest BCUT2D eigenvalue weighted by molar-refractivity contribution is -0.124. The van der Waals surface area contributed by atoms with Gasteiger partial charge in [-0.25, -0.2) is 4.79 Å². The summed E-state index contributed by atoms with van der Waals surface area (Å²) < 4.78 is 5.47. The molecule has 0 saturated heterocycles. The SMILES string of the molecule is C=CCOc1ccc(CN(C)[C@H](C)C(=O)NC(=O)NC2CCCCC2)cc1. The Kier molecular flexibility index (Phi) is 8.33. The second-order valence-electron chi connectivity index (χ2n) is 7.13. The molecule has 1 atom stereocenters. The highest BCUT2D eigenvalue weighted by atomic mass is 16.5. The fourth-order valence-electron chi connectivity index (χ4n) is 3.16. The van der Waals surface area contributed by atoms with Crippen LogP contribution in [-0.2, 0) is 11.3 Å². The van der Waals surface area contributed by atoms with Gasteiger partial charge in [-0.3, -0.25) is 15.0 Å². The largest absolute Gasteiger partial charge is 0.490 e. The number of amides is 3. The van der Waals surface area contributed by atoms with Crippen molar-refractivity contribution in [2.45, 2.75) is 57.7 Å². The molecule has 0 aliphatic heterocycles. The van der Waals surface area contributed by atoms with Crippen molar-refractivity contribution in [1.29, 1.82) is 0 Å². The number of hydrogen-bond donors (Lipinski definition) is 2. The van der Waals surface area contributed by atoms with E-state index < -0.39 is 12.1 Å². The van der Waals surface area contributed by atoms with Crippen LogP contribution in [0.5, 0.6) is 5.75 Å². The van der Waals surface area contributed by atoms with Crippen LogP contribution in [0.25, 0.3) is 0 Å². The number of nitrogens with zero attached hydrogens (tertiary/aromatic N) is 1. The van der Waals surface area contributed by atoms with Crippen LogP contribution in [0.1, 0.15) is 44.6 Å². The Labute approximate surface area is 162 Å². The van der Waals surface area contributed by atoms with E-state index in [-0.39, 0.29) is 11.9 Å². The summed E-state index contributed by atoms with van der Waals surface area (Å²) in [5.41, 5.74) is 1.06. The molecule has 2 rings (SSSR count). The third-order valence-electron chi connectivity index (χ3n) is 4.94. The maximum absolute atomic E-state index is 12.4. The fraction of sp³-hybridized carbons (Fsp3) is 0.524. The molecule has 2 N–H and O–H groups in total. The lowest BCUT2D eigenvalue weighted by Crippen LogP contribution is -2.50. The summed E-state index contributed by atoms with van der Waals surface area (Å²) in [7, 11) is 1.87. The molecule has 0 heterocycles. The summed E-state index contributed by atoms with van der Waals surface area (Å²) in [6.07, 6.45) is 7.17. The maximum Gasteiger partial charge on any atom is 0.321 e.